The van der Waals surface area contributed by atoms with E-state index in [0.29, 0.717) is 36.0 Å². The van der Waals surface area contributed by atoms with Crippen molar-refractivity contribution in [2.75, 3.05) is 18.8 Å². The van der Waals surface area contributed by atoms with Crippen molar-refractivity contribution in [2.45, 2.75) is 45.3 Å². The van der Waals surface area contributed by atoms with Crippen LogP contribution in [0.5, 0.6) is 11.5 Å². The van der Waals surface area contributed by atoms with Crippen LogP contribution in [0.3, 0.4) is 0 Å². The van der Waals surface area contributed by atoms with Crippen LogP contribution in [0.2, 0.25) is 0 Å². The van der Waals surface area contributed by atoms with E-state index in [1.807, 2.05) is 75.4 Å². The number of aromatic nitrogens is 2. The van der Waals surface area contributed by atoms with Gasteiger partial charge in [0.25, 0.3) is 5.69 Å². The number of ether oxygens (including phenoxy) is 2. The first-order chi connectivity index (χ1) is 16.2. The average Bonchev–Trinajstić information content (AvgIpc) is 3.15. The van der Waals surface area contributed by atoms with Crippen molar-refractivity contribution >= 4 is 17.6 Å². The van der Waals surface area contributed by atoms with Gasteiger partial charge < -0.3 is 20.1 Å². The third-order valence-corrected chi connectivity index (χ3v) is 5.53. The van der Waals surface area contributed by atoms with Crippen molar-refractivity contribution in [1.29, 1.82) is 0 Å². The van der Waals surface area contributed by atoms with Gasteiger partial charge in [-0.15, -0.1) is 0 Å². The number of nitrogens with zero attached hydrogens (tertiary/aromatic N) is 4. The molecule has 34 heavy (non-hydrogen) atoms. The van der Waals surface area contributed by atoms with Gasteiger partial charge in [-0.05, 0) is 63.4 Å². The molecule has 0 radical (unpaired) electrons. The van der Waals surface area contributed by atoms with E-state index in [-0.39, 0.29) is 12.1 Å². The van der Waals surface area contributed by atoms with Crippen LogP contribution < -0.4 is 10.5 Å². The number of rotatable bonds is 4. The molecular weight excluding hydrogens is 430 g/mol. The van der Waals surface area contributed by atoms with Crippen LogP contribution in [0.15, 0.2) is 54.6 Å². The van der Waals surface area contributed by atoms with Crippen molar-refractivity contribution < 1.29 is 14.3 Å². The average molecular weight is 460 g/mol. The van der Waals surface area contributed by atoms with Crippen LogP contribution in [0.4, 0.5) is 16.3 Å². The Morgan fingerprint density at radius 3 is 2.44 bits per heavy atom. The van der Waals surface area contributed by atoms with E-state index < -0.39 is 5.60 Å². The molecule has 176 valence electrons. The highest BCUT2D eigenvalue weighted by atomic mass is 16.6. The summed E-state index contributed by atoms with van der Waals surface area (Å²) >= 11 is 0. The number of piperidine rings is 1. The maximum Gasteiger partial charge on any atom is 0.410 e. The molecule has 0 spiro atoms. The Labute approximate surface area is 199 Å². The lowest BCUT2D eigenvalue weighted by atomic mass is 10.1. The number of likely N-dealkylation sites (tertiary alicyclic amines) is 1. The molecule has 0 aliphatic carbocycles. The zero-order chi connectivity index (χ0) is 24.3. The van der Waals surface area contributed by atoms with Gasteiger partial charge in [0.05, 0.1) is 12.6 Å². The fourth-order valence-corrected chi connectivity index (χ4v) is 3.97. The number of anilines is 1. The number of hydrogen-bond acceptors (Lipinski definition) is 5. The minimum absolute atomic E-state index is 0.129. The number of benzene rings is 2. The van der Waals surface area contributed by atoms with Crippen LogP contribution in [-0.2, 0) is 4.74 Å². The largest absolute Gasteiger partial charge is 0.457 e. The SMILES string of the molecule is [C-]#[N+]c1c(-c2ccc(Oc3ccccc3)cc2)nn([C@@H]2CCCN(C(=O)OC(C)(C)C)C2)c1N. The van der Waals surface area contributed by atoms with Gasteiger partial charge in [-0.1, -0.05) is 30.3 Å². The van der Waals surface area contributed by atoms with E-state index in [1.165, 1.54) is 0 Å². The van der Waals surface area contributed by atoms with Crippen LogP contribution >= 0.6 is 0 Å². The molecule has 2 aromatic carbocycles. The summed E-state index contributed by atoms with van der Waals surface area (Å²) in [7, 11) is 0. The topological polar surface area (TPSA) is 87.0 Å². The normalized spacial score (nSPS) is 16.1. The molecule has 3 aromatic rings. The lowest BCUT2D eigenvalue weighted by Crippen LogP contribution is -2.43. The molecule has 1 aliphatic rings. The molecule has 8 heteroatoms. The van der Waals surface area contributed by atoms with Gasteiger partial charge in [-0.2, -0.15) is 5.10 Å². The number of carbonyl (C=O) groups is 1. The zero-order valence-corrected chi connectivity index (χ0v) is 19.7. The maximum atomic E-state index is 12.6. The molecule has 1 amide bonds. The third kappa shape index (κ3) is 5.15. The summed E-state index contributed by atoms with van der Waals surface area (Å²) in [6.07, 6.45) is 1.27. The molecule has 1 aromatic heterocycles. The number of nitrogens with two attached hydrogens (primary N) is 1. The fourth-order valence-electron chi connectivity index (χ4n) is 3.97. The Morgan fingerprint density at radius 2 is 1.79 bits per heavy atom. The standard InChI is InChI=1S/C26H29N5O3/c1-26(2,3)34-25(32)30-16-8-9-19(17-30)31-24(27)23(28-4)22(29-31)18-12-14-21(15-13-18)33-20-10-6-5-7-11-20/h5-7,10-15,19H,8-9,16-17,27H2,1-3H3/t19-/m1/s1. The molecule has 8 nitrogen and oxygen atoms in total. The molecule has 4 rings (SSSR count). The quantitative estimate of drug-likeness (QED) is 0.480. The zero-order valence-electron chi connectivity index (χ0n) is 19.7. The van der Waals surface area contributed by atoms with Crippen LogP contribution in [0, 0.1) is 6.57 Å². The summed E-state index contributed by atoms with van der Waals surface area (Å²) in [6, 6.07) is 16.8. The minimum atomic E-state index is -0.560. The Morgan fingerprint density at radius 1 is 1.12 bits per heavy atom. The molecule has 1 atom stereocenters. The lowest BCUT2D eigenvalue weighted by Gasteiger charge is -2.34. The maximum absolute atomic E-state index is 12.6. The Balaban J connectivity index is 1.55. The summed E-state index contributed by atoms with van der Waals surface area (Å²) in [6.45, 7) is 14.3. The Hall–Kier alpha value is -3.99. The molecule has 2 N–H and O–H groups in total. The molecule has 1 fully saturated rings. The van der Waals surface area contributed by atoms with Gasteiger partial charge in [0.1, 0.15) is 28.6 Å². The Kier molecular flexibility index (Phi) is 6.46. The molecule has 0 saturated carbocycles. The lowest BCUT2D eigenvalue weighted by molar-refractivity contribution is 0.0168. The van der Waals surface area contributed by atoms with Crippen molar-refractivity contribution in [3.8, 4) is 22.8 Å². The van der Waals surface area contributed by atoms with E-state index in [1.54, 1.807) is 9.58 Å². The monoisotopic (exact) mass is 459 g/mol. The summed E-state index contributed by atoms with van der Waals surface area (Å²) in [5, 5.41) is 4.71. The summed E-state index contributed by atoms with van der Waals surface area (Å²) in [5.74, 6) is 1.75. The first kappa shape index (κ1) is 23.2. The smallest absolute Gasteiger partial charge is 0.410 e. The number of hydrogen-bond donors (Lipinski definition) is 1. The molecular formula is C26H29N5O3. The fraction of sp³-hybridized carbons (Fsp3) is 0.346. The second kappa shape index (κ2) is 9.48. The third-order valence-electron chi connectivity index (χ3n) is 5.53. The minimum Gasteiger partial charge on any atom is -0.457 e. The number of nitrogen functional groups attached to an aromatic ring is 1. The molecule has 0 bridgehead atoms. The van der Waals surface area contributed by atoms with Crippen molar-refractivity contribution in [3.63, 3.8) is 0 Å². The van der Waals surface area contributed by atoms with Crippen molar-refractivity contribution in [1.82, 2.24) is 14.7 Å². The highest BCUT2D eigenvalue weighted by molar-refractivity contribution is 5.83. The van der Waals surface area contributed by atoms with Gasteiger partial charge in [0.2, 0.25) is 0 Å². The molecule has 1 saturated heterocycles. The van der Waals surface area contributed by atoms with Crippen LogP contribution in [0.25, 0.3) is 16.1 Å². The van der Waals surface area contributed by atoms with Crippen LogP contribution in [0.1, 0.15) is 39.7 Å². The van der Waals surface area contributed by atoms with Gasteiger partial charge >= 0.3 is 6.09 Å². The van der Waals surface area contributed by atoms with Crippen molar-refractivity contribution in [3.05, 3.63) is 66.0 Å². The number of para-hydroxylation sites is 1. The summed E-state index contributed by atoms with van der Waals surface area (Å²) in [5.41, 5.74) is 7.41. The second-order valence-corrected chi connectivity index (χ2v) is 9.30. The van der Waals surface area contributed by atoms with Gasteiger partial charge in [-0.3, -0.25) is 4.68 Å². The molecule has 2 heterocycles. The van der Waals surface area contributed by atoms with E-state index in [4.69, 9.17) is 26.9 Å². The van der Waals surface area contributed by atoms with Crippen molar-refractivity contribution in [2.24, 2.45) is 0 Å². The van der Waals surface area contributed by atoms with E-state index in [2.05, 4.69) is 4.85 Å². The number of amides is 1. The Bertz CT molecular complexity index is 1190. The first-order valence-electron chi connectivity index (χ1n) is 11.3. The summed E-state index contributed by atoms with van der Waals surface area (Å²) in [4.78, 5) is 17.9. The van der Waals surface area contributed by atoms with Gasteiger partial charge in [0.15, 0.2) is 0 Å². The predicted molar refractivity (Wildman–Crippen MR) is 131 cm³/mol. The van der Waals surface area contributed by atoms with E-state index >= 15 is 0 Å². The second-order valence-electron chi connectivity index (χ2n) is 9.30. The van der Waals surface area contributed by atoms with Gasteiger partial charge in [-0.25, -0.2) is 9.64 Å². The molecule has 1 aliphatic heterocycles. The predicted octanol–water partition coefficient (Wildman–Crippen LogP) is 6.05. The van der Waals surface area contributed by atoms with E-state index in [0.717, 1.165) is 24.2 Å². The van der Waals surface area contributed by atoms with Crippen LogP contribution in [-0.4, -0.2) is 39.5 Å². The van der Waals surface area contributed by atoms with Gasteiger partial charge in [0, 0.05) is 13.1 Å². The summed E-state index contributed by atoms with van der Waals surface area (Å²) < 4.78 is 13.1. The van der Waals surface area contributed by atoms with E-state index in [9.17, 15) is 4.79 Å². The first-order valence-corrected chi connectivity index (χ1v) is 11.3. The highest BCUT2D eigenvalue weighted by Gasteiger charge is 2.31. The molecule has 0 unspecified atom stereocenters. The highest BCUT2D eigenvalue weighted by Crippen LogP contribution is 2.38. The number of carbonyl (C=O) groups excluding carboxylic acids is 1.